The smallest absolute Gasteiger partial charge is 0.146 e. The number of furan rings is 1. The highest BCUT2D eigenvalue weighted by Crippen LogP contribution is 2.21. The molecule has 5 heteroatoms. The molecule has 0 saturated carbocycles. The van der Waals surface area contributed by atoms with Gasteiger partial charge in [-0.3, -0.25) is 0 Å². The first kappa shape index (κ1) is 12.8. The van der Waals surface area contributed by atoms with Crippen molar-refractivity contribution in [2.45, 2.75) is 46.8 Å². The Labute approximate surface area is 107 Å². The molecule has 0 saturated heterocycles. The third-order valence-electron chi connectivity index (χ3n) is 3.15. The Hall–Kier alpha value is -1.62. The van der Waals surface area contributed by atoms with E-state index in [1.165, 1.54) is 5.56 Å². The molecule has 2 aromatic rings. The van der Waals surface area contributed by atoms with Crippen molar-refractivity contribution in [2.75, 3.05) is 0 Å². The lowest BCUT2D eigenvalue weighted by atomic mass is 10.1. The summed E-state index contributed by atoms with van der Waals surface area (Å²) in [5, 5.41) is 11.5. The fourth-order valence-electron chi connectivity index (χ4n) is 2.11. The van der Waals surface area contributed by atoms with Crippen LogP contribution >= 0.6 is 0 Å². The van der Waals surface area contributed by atoms with Crippen molar-refractivity contribution < 1.29 is 4.42 Å². The van der Waals surface area contributed by atoms with Crippen molar-refractivity contribution in [3.8, 4) is 0 Å². The first-order valence-electron chi connectivity index (χ1n) is 6.28. The van der Waals surface area contributed by atoms with Gasteiger partial charge in [-0.25, -0.2) is 0 Å². The fraction of sp³-hybridized carbons (Fsp3) is 0.538. The third-order valence-corrected chi connectivity index (χ3v) is 3.15. The van der Waals surface area contributed by atoms with Crippen LogP contribution in [0.15, 0.2) is 16.8 Å². The molecular formula is C13H20N4O. The number of nitrogens with zero attached hydrogens (tertiary/aromatic N) is 3. The van der Waals surface area contributed by atoms with E-state index in [4.69, 9.17) is 4.42 Å². The molecule has 0 aliphatic rings. The summed E-state index contributed by atoms with van der Waals surface area (Å²) in [5.74, 6) is 2.89. The molecule has 1 unspecified atom stereocenters. The van der Waals surface area contributed by atoms with Crippen molar-refractivity contribution in [1.29, 1.82) is 0 Å². The second kappa shape index (κ2) is 5.35. The molecule has 5 nitrogen and oxygen atoms in total. The van der Waals surface area contributed by atoms with Gasteiger partial charge in [-0.05, 0) is 33.8 Å². The highest BCUT2D eigenvalue weighted by atomic mass is 16.3. The Balaban J connectivity index is 2.00. The molecule has 0 bridgehead atoms. The Morgan fingerprint density at radius 2 is 2.22 bits per heavy atom. The van der Waals surface area contributed by atoms with E-state index in [-0.39, 0.29) is 6.04 Å². The van der Waals surface area contributed by atoms with Gasteiger partial charge in [0.05, 0.1) is 6.54 Å². The Morgan fingerprint density at radius 3 is 2.83 bits per heavy atom. The number of nitrogens with one attached hydrogen (secondary N) is 1. The summed E-state index contributed by atoms with van der Waals surface area (Å²) in [5.41, 5.74) is 1.20. The van der Waals surface area contributed by atoms with Gasteiger partial charge in [0.2, 0.25) is 0 Å². The highest BCUT2D eigenvalue weighted by molar-refractivity contribution is 5.23. The van der Waals surface area contributed by atoms with Crippen LogP contribution < -0.4 is 5.32 Å². The molecule has 2 aromatic heterocycles. The minimum atomic E-state index is 0.240. The topological polar surface area (TPSA) is 55.9 Å². The van der Waals surface area contributed by atoms with Crippen LogP contribution in [-0.2, 0) is 13.1 Å². The summed E-state index contributed by atoms with van der Waals surface area (Å²) in [4.78, 5) is 0. The van der Waals surface area contributed by atoms with Gasteiger partial charge in [0.15, 0.2) is 0 Å². The zero-order valence-corrected chi connectivity index (χ0v) is 11.4. The zero-order chi connectivity index (χ0) is 13.1. The largest absolute Gasteiger partial charge is 0.466 e. The van der Waals surface area contributed by atoms with Crippen molar-refractivity contribution in [3.05, 3.63) is 35.3 Å². The van der Waals surface area contributed by atoms with E-state index in [1.54, 1.807) is 6.33 Å². The van der Waals surface area contributed by atoms with E-state index in [1.807, 2.05) is 18.4 Å². The van der Waals surface area contributed by atoms with Crippen molar-refractivity contribution in [1.82, 2.24) is 20.1 Å². The van der Waals surface area contributed by atoms with E-state index in [2.05, 4.69) is 35.4 Å². The van der Waals surface area contributed by atoms with Crippen molar-refractivity contribution >= 4 is 0 Å². The van der Waals surface area contributed by atoms with E-state index in [0.717, 1.165) is 23.9 Å². The summed E-state index contributed by atoms with van der Waals surface area (Å²) in [6, 6.07) is 2.32. The highest BCUT2D eigenvalue weighted by Gasteiger charge is 2.13. The zero-order valence-electron chi connectivity index (χ0n) is 11.4. The van der Waals surface area contributed by atoms with Crippen LogP contribution in [-0.4, -0.2) is 14.8 Å². The molecule has 0 radical (unpaired) electrons. The van der Waals surface area contributed by atoms with Gasteiger partial charge in [0.25, 0.3) is 0 Å². The molecule has 0 fully saturated rings. The van der Waals surface area contributed by atoms with E-state index in [9.17, 15) is 0 Å². The lowest BCUT2D eigenvalue weighted by Crippen LogP contribution is -2.20. The number of hydrogen-bond donors (Lipinski definition) is 1. The molecule has 2 heterocycles. The van der Waals surface area contributed by atoms with Crippen molar-refractivity contribution in [2.24, 2.45) is 0 Å². The summed E-state index contributed by atoms with van der Waals surface area (Å²) in [6.45, 7) is 9.77. The second-order valence-electron chi connectivity index (χ2n) is 4.50. The Morgan fingerprint density at radius 1 is 1.44 bits per heavy atom. The van der Waals surface area contributed by atoms with Crippen LogP contribution in [0.1, 0.15) is 42.8 Å². The average molecular weight is 248 g/mol. The first-order valence-corrected chi connectivity index (χ1v) is 6.28. The van der Waals surface area contributed by atoms with Gasteiger partial charge in [-0.1, -0.05) is 0 Å². The third kappa shape index (κ3) is 2.61. The van der Waals surface area contributed by atoms with Crippen LogP contribution in [0.3, 0.4) is 0 Å². The van der Waals surface area contributed by atoms with Crippen LogP contribution in [0.4, 0.5) is 0 Å². The molecule has 98 valence electrons. The molecule has 0 spiro atoms. The van der Waals surface area contributed by atoms with Crippen LogP contribution in [0.25, 0.3) is 0 Å². The fourth-order valence-corrected chi connectivity index (χ4v) is 2.11. The number of rotatable bonds is 5. The molecule has 18 heavy (non-hydrogen) atoms. The summed E-state index contributed by atoms with van der Waals surface area (Å²) >= 11 is 0. The lowest BCUT2D eigenvalue weighted by molar-refractivity contribution is 0.485. The van der Waals surface area contributed by atoms with Gasteiger partial charge in [0, 0.05) is 18.2 Å². The first-order chi connectivity index (χ1) is 8.61. The molecule has 1 atom stereocenters. The van der Waals surface area contributed by atoms with Crippen LogP contribution in [0.2, 0.25) is 0 Å². The maximum absolute atomic E-state index is 5.54. The monoisotopic (exact) mass is 248 g/mol. The predicted octanol–water partition coefficient (Wildman–Crippen LogP) is 2.36. The van der Waals surface area contributed by atoms with Gasteiger partial charge in [-0.2, -0.15) is 0 Å². The Bertz CT molecular complexity index is 515. The SMILES string of the molecule is CCn1cnnc1CNC(C)c1cc(C)oc1C. The van der Waals surface area contributed by atoms with Crippen molar-refractivity contribution in [3.63, 3.8) is 0 Å². The van der Waals surface area contributed by atoms with Gasteiger partial charge in [-0.15, -0.1) is 10.2 Å². The molecule has 1 N–H and O–H groups in total. The van der Waals surface area contributed by atoms with Crippen LogP contribution in [0, 0.1) is 13.8 Å². The Kier molecular flexibility index (Phi) is 3.81. The number of hydrogen-bond acceptors (Lipinski definition) is 4. The maximum atomic E-state index is 5.54. The minimum Gasteiger partial charge on any atom is -0.466 e. The summed E-state index contributed by atoms with van der Waals surface area (Å²) in [6.07, 6.45) is 1.76. The quantitative estimate of drug-likeness (QED) is 0.882. The predicted molar refractivity (Wildman–Crippen MR) is 69.1 cm³/mol. The normalized spacial score (nSPS) is 12.9. The van der Waals surface area contributed by atoms with Crippen LogP contribution in [0.5, 0.6) is 0 Å². The minimum absolute atomic E-state index is 0.240. The van der Waals surface area contributed by atoms with Gasteiger partial charge < -0.3 is 14.3 Å². The summed E-state index contributed by atoms with van der Waals surface area (Å²) in [7, 11) is 0. The molecule has 2 rings (SSSR count). The standard InChI is InChI=1S/C13H20N4O/c1-5-17-8-15-16-13(17)7-14-10(3)12-6-9(2)18-11(12)4/h6,8,10,14H,5,7H2,1-4H3. The molecule has 0 aliphatic carbocycles. The molecule has 0 aromatic carbocycles. The molecular weight excluding hydrogens is 228 g/mol. The number of aromatic nitrogens is 3. The van der Waals surface area contributed by atoms with E-state index < -0.39 is 0 Å². The second-order valence-corrected chi connectivity index (χ2v) is 4.50. The van der Waals surface area contributed by atoms with Gasteiger partial charge in [0.1, 0.15) is 23.7 Å². The van der Waals surface area contributed by atoms with E-state index in [0.29, 0.717) is 6.54 Å². The average Bonchev–Trinajstić information content (AvgIpc) is 2.92. The molecule has 0 aliphatic heterocycles. The van der Waals surface area contributed by atoms with Gasteiger partial charge >= 0.3 is 0 Å². The maximum Gasteiger partial charge on any atom is 0.146 e. The summed E-state index contributed by atoms with van der Waals surface area (Å²) < 4.78 is 7.58. The van der Waals surface area contributed by atoms with E-state index >= 15 is 0 Å². The number of aryl methyl sites for hydroxylation is 3. The molecule has 0 amide bonds. The lowest BCUT2D eigenvalue weighted by Gasteiger charge is -2.12.